The molecule has 2 N–H and O–H groups in total. The number of hydrogen-bond acceptors (Lipinski definition) is 2. The first-order valence-corrected chi connectivity index (χ1v) is 5.53. The molecule has 0 bridgehead atoms. The minimum absolute atomic E-state index is 0.186. The van der Waals surface area contributed by atoms with E-state index in [9.17, 15) is 17.6 Å². The Hall–Kier alpha value is -1.30. The minimum Gasteiger partial charge on any atom is -0.374 e. The minimum atomic E-state index is -4.21. The van der Waals surface area contributed by atoms with Crippen LogP contribution in [0.25, 0.3) is 0 Å². The second-order valence-corrected chi connectivity index (χ2v) is 4.28. The lowest BCUT2D eigenvalue weighted by Gasteiger charge is -2.24. The smallest absolute Gasteiger partial charge is 0.374 e. The van der Waals surface area contributed by atoms with Crippen LogP contribution in [0.3, 0.4) is 0 Å². The van der Waals surface area contributed by atoms with Gasteiger partial charge in [0.05, 0.1) is 6.42 Å². The van der Waals surface area contributed by atoms with Gasteiger partial charge < -0.3 is 10.6 Å². The first kappa shape index (κ1) is 14.8. The third kappa shape index (κ3) is 4.18. The van der Waals surface area contributed by atoms with E-state index in [2.05, 4.69) is 0 Å². The SMILES string of the molecule is C[C@H](N)c1cc(F)ccc1N(C)CCC(F)(F)F. The van der Waals surface area contributed by atoms with Crippen molar-refractivity contribution in [1.29, 1.82) is 0 Å². The lowest BCUT2D eigenvalue weighted by atomic mass is 10.1. The third-order valence-electron chi connectivity index (χ3n) is 2.62. The number of anilines is 1. The molecule has 1 rings (SSSR count). The van der Waals surface area contributed by atoms with Gasteiger partial charge in [0.1, 0.15) is 5.82 Å². The molecule has 102 valence electrons. The Morgan fingerprint density at radius 1 is 1.33 bits per heavy atom. The second kappa shape index (κ2) is 5.56. The fraction of sp³-hybridized carbons (Fsp3) is 0.500. The van der Waals surface area contributed by atoms with Crippen LogP contribution in [0.4, 0.5) is 23.2 Å². The van der Waals surface area contributed by atoms with Gasteiger partial charge in [0, 0.05) is 25.3 Å². The molecule has 0 unspecified atom stereocenters. The molecule has 0 fully saturated rings. The Balaban J connectivity index is 2.88. The highest BCUT2D eigenvalue weighted by atomic mass is 19.4. The number of nitrogens with two attached hydrogens (primary N) is 1. The van der Waals surface area contributed by atoms with E-state index in [1.807, 2.05) is 0 Å². The average molecular weight is 264 g/mol. The van der Waals surface area contributed by atoms with E-state index in [1.165, 1.54) is 30.1 Å². The molecular weight excluding hydrogens is 248 g/mol. The summed E-state index contributed by atoms with van der Waals surface area (Å²) in [6, 6.07) is 3.48. The Morgan fingerprint density at radius 3 is 2.44 bits per heavy atom. The fourth-order valence-electron chi connectivity index (χ4n) is 1.65. The number of halogens is 4. The number of benzene rings is 1. The summed E-state index contributed by atoms with van der Waals surface area (Å²) in [5.41, 5.74) is 6.71. The molecule has 0 saturated carbocycles. The Kier molecular flexibility index (Phi) is 4.56. The molecule has 0 amide bonds. The van der Waals surface area contributed by atoms with Gasteiger partial charge in [0.15, 0.2) is 0 Å². The summed E-state index contributed by atoms with van der Waals surface area (Å²) < 4.78 is 49.5. The third-order valence-corrected chi connectivity index (χ3v) is 2.62. The van der Waals surface area contributed by atoms with Crippen LogP contribution in [0.15, 0.2) is 18.2 Å². The van der Waals surface area contributed by atoms with Gasteiger partial charge in [-0.2, -0.15) is 13.2 Å². The van der Waals surface area contributed by atoms with Gasteiger partial charge in [0.2, 0.25) is 0 Å². The van der Waals surface area contributed by atoms with Crippen molar-refractivity contribution < 1.29 is 17.6 Å². The highest BCUT2D eigenvalue weighted by Crippen LogP contribution is 2.27. The van der Waals surface area contributed by atoms with Crippen LogP contribution in [0.2, 0.25) is 0 Å². The lowest BCUT2D eigenvalue weighted by molar-refractivity contribution is -0.132. The van der Waals surface area contributed by atoms with Crippen LogP contribution in [0.1, 0.15) is 24.9 Å². The fourth-order valence-corrected chi connectivity index (χ4v) is 1.65. The summed E-state index contributed by atoms with van der Waals surface area (Å²) in [6.07, 6.45) is -5.12. The van der Waals surface area contributed by atoms with Gasteiger partial charge in [0.25, 0.3) is 0 Å². The van der Waals surface area contributed by atoms with Crippen molar-refractivity contribution in [2.24, 2.45) is 5.73 Å². The highest BCUT2D eigenvalue weighted by molar-refractivity contribution is 5.54. The maximum Gasteiger partial charge on any atom is 0.390 e. The number of hydrogen-bond donors (Lipinski definition) is 1. The maximum atomic E-state index is 13.1. The molecule has 0 aliphatic heterocycles. The molecule has 18 heavy (non-hydrogen) atoms. The maximum absolute atomic E-state index is 13.1. The van der Waals surface area contributed by atoms with E-state index >= 15 is 0 Å². The Labute approximate surface area is 103 Å². The van der Waals surface area contributed by atoms with Crippen LogP contribution < -0.4 is 10.6 Å². The average Bonchev–Trinajstić information content (AvgIpc) is 2.24. The molecule has 0 spiro atoms. The molecule has 0 aliphatic carbocycles. The van der Waals surface area contributed by atoms with Gasteiger partial charge in [-0.15, -0.1) is 0 Å². The summed E-state index contributed by atoms with van der Waals surface area (Å²) >= 11 is 0. The lowest BCUT2D eigenvalue weighted by Crippen LogP contribution is -2.26. The molecular formula is C12H16F4N2. The molecule has 1 aromatic carbocycles. The number of nitrogens with zero attached hydrogens (tertiary/aromatic N) is 1. The summed E-state index contributed by atoms with van der Waals surface area (Å²) in [6.45, 7) is 1.48. The van der Waals surface area contributed by atoms with Gasteiger partial charge in [-0.1, -0.05) is 0 Å². The van der Waals surface area contributed by atoms with Crippen molar-refractivity contribution in [3.05, 3.63) is 29.6 Å². The molecule has 6 heteroatoms. The normalized spacial score (nSPS) is 13.5. The molecule has 0 saturated heterocycles. The standard InChI is InChI=1S/C12H16F4N2/c1-8(17)10-7-9(13)3-4-11(10)18(2)6-5-12(14,15)16/h3-4,7-8H,5-6,17H2,1-2H3/t8-/m0/s1. The van der Waals surface area contributed by atoms with Crippen LogP contribution in [-0.2, 0) is 0 Å². The number of alkyl halides is 3. The van der Waals surface area contributed by atoms with E-state index < -0.39 is 24.5 Å². The van der Waals surface area contributed by atoms with Crippen LogP contribution in [-0.4, -0.2) is 19.8 Å². The first-order chi connectivity index (χ1) is 8.20. The van der Waals surface area contributed by atoms with E-state index in [0.717, 1.165) is 0 Å². The summed E-state index contributed by atoms with van der Waals surface area (Å²) in [5.74, 6) is -0.449. The quantitative estimate of drug-likeness (QED) is 0.846. The monoisotopic (exact) mass is 264 g/mol. The molecule has 0 aromatic heterocycles. The van der Waals surface area contributed by atoms with Gasteiger partial charge in [-0.05, 0) is 30.7 Å². The van der Waals surface area contributed by atoms with E-state index in [4.69, 9.17) is 5.73 Å². The molecule has 1 aromatic rings. The van der Waals surface area contributed by atoms with Gasteiger partial charge in [-0.3, -0.25) is 0 Å². The molecule has 0 aliphatic rings. The second-order valence-electron chi connectivity index (χ2n) is 4.28. The summed E-state index contributed by atoms with van der Waals surface area (Å²) in [4.78, 5) is 1.44. The topological polar surface area (TPSA) is 29.3 Å². The predicted octanol–water partition coefficient (Wildman–Crippen LogP) is 3.23. The molecule has 0 radical (unpaired) electrons. The van der Waals surface area contributed by atoms with Crippen molar-refractivity contribution in [2.45, 2.75) is 25.6 Å². The van der Waals surface area contributed by atoms with Crippen LogP contribution >= 0.6 is 0 Å². The predicted molar refractivity (Wildman–Crippen MR) is 62.9 cm³/mol. The first-order valence-electron chi connectivity index (χ1n) is 5.53. The van der Waals surface area contributed by atoms with Crippen molar-refractivity contribution >= 4 is 5.69 Å². The molecule has 0 heterocycles. The van der Waals surface area contributed by atoms with Crippen molar-refractivity contribution in [2.75, 3.05) is 18.5 Å². The van der Waals surface area contributed by atoms with Crippen molar-refractivity contribution in [3.8, 4) is 0 Å². The molecule has 2 nitrogen and oxygen atoms in total. The molecule has 1 atom stereocenters. The van der Waals surface area contributed by atoms with Gasteiger partial charge >= 0.3 is 6.18 Å². The zero-order valence-electron chi connectivity index (χ0n) is 10.3. The van der Waals surface area contributed by atoms with E-state index in [-0.39, 0.29) is 6.54 Å². The Morgan fingerprint density at radius 2 is 1.94 bits per heavy atom. The van der Waals surface area contributed by atoms with Gasteiger partial charge in [-0.25, -0.2) is 4.39 Å². The zero-order chi connectivity index (χ0) is 13.9. The largest absolute Gasteiger partial charge is 0.390 e. The zero-order valence-corrected chi connectivity index (χ0v) is 10.3. The summed E-state index contributed by atoms with van der Waals surface area (Å²) in [7, 11) is 1.53. The highest BCUT2D eigenvalue weighted by Gasteiger charge is 2.27. The van der Waals surface area contributed by atoms with Crippen LogP contribution in [0.5, 0.6) is 0 Å². The van der Waals surface area contributed by atoms with Crippen LogP contribution in [0, 0.1) is 5.82 Å². The van der Waals surface area contributed by atoms with Crippen molar-refractivity contribution in [1.82, 2.24) is 0 Å². The van der Waals surface area contributed by atoms with E-state index in [1.54, 1.807) is 6.92 Å². The van der Waals surface area contributed by atoms with E-state index in [0.29, 0.717) is 11.3 Å². The Bertz CT molecular complexity index is 402. The summed E-state index contributed by atoms with van der Waals surface area (Å²) in [5, 5.41) is 0. The van der Waals surface area contributed by atoms with Crippen molar-refractivity contribution in [3.63, 3.8) is 0 Å². The number of rotatable bonds is 4.